The standard InChI is InChI=1S/C23H28N2O2/c1-22(2)10-15-11-23(3,12-22)13-25(15)20-16-5-4-6-18(16)24-19-8-7-14(21(26)27)9-17(19)20/h7-9,15H,4-6,10-13H2,1-3H3,(H,26,27). The molecule has 2 unspecified atom stereocenters. The van der Waals surface area contributed by atoms with Gasteiger partial charge in [0, 0.05) is 23.7 Å². The lowest BCUT2D eigenvalue weighted by molar-refractivity contribution is 0.0697. The number of aryl methyl sites for hydroxylation is 1. The maximum Gasteiger partial charge on any atom is 0.335 e. The number of aromatic carboxylic acids is 1. The number of rotatable bonds is 2. The molecule has 2 aliphatic carbocycles. The Balaban J connectivity index is 1.72. The molecule has 1 saturated heterocycles. The number of fused-ring (bicyclic) bond motifs is 4. The van der Waals surface area contributed by atoms with E-state index in [4.69, 9.17) is 4.98 Å². The summed E-state index contributed by atoms with van der Waals surface area (Å²) in [6.07, 6.45) is 6.97. The van der Waals surface area contributed by atoms with Gasteiger partial charge in [-0.15, -0.1) is 0 Å². The average molecular weight is 364 g/mol. The van der Waals surface area contributed by atoms with Crippen molar-refractivity contribution in [3.8, 4) is 0 Å². The highest BCUT2D eigenvalue weighted by Gasteiger charge is 2.50. The highest BCUT2D eigenvalue weighted by atomic mass is 16.4. The Bertz CT molecular complexity index is 964. The largest absolute Gasteiger partial charge is 0.478 e. The van der Waals surface area contributed by atoms with E-state index in [1.54, 1.807) is 6.07 Å². The van der Waals surface area contributed by atoms with Gasteiger partial charge in [-0.3, -0.25) is 4.98 Å². The minimum atomic E-state index is -0.864. The molecule has 27 heavy (non-hydrogen) atoms. The molecule has 0 amide bonds. The Morgan fingerprint density at radius 2 is 2.04 bits per heavy atom. The summed E-state index contributed by atoms with van der Waals surface area (Å²) >= 11 is 0. The van der Waals surface area contributed by atoms with Crippen LogP contribution in [0.5, 0.6) is 0 Å². The molecule has 2 aromatic rings. The molecule has 2 fully saturated rings. The van der Waals surface area contributed by atoms with Crippen molar-refractivity contribution in [1.29, 1.82) is 0 Å². The Morgan fingerprint density at radius 1 is 1.22 bits per heavy atom. The number of carboxylic acid groups (broad SMARTS) is 1. The van der Waals surface area contributed by atoms with Crippen LogP contribution < -0.4 is 4.90 Å². The molecule has 1 aromatic heterocycles. The second-order valence-electron chi connectivity index (χ2n) is 10.1. The van der Waals surface area contributed by atoms with E-state index >= 15 is 0 Å². The summed E-state index contributed by atoms with van der Waals surface area (Å²) in [5.74, 6) is -0.864. The van der Waals surface area contributed by atoms with E-state index in [-0.39, 0.29) is 0 Å². The molecular formula is C23H28N2O2. The van der Waals surface area contributed by atoms with Crippen LogP contribution in [-0.2, 0) is 12.8 Å². The molecule has 2 atom stereocenters. The number of hydrogen-bond acceptors (Lipinski definition) is 3. The highest BCUT2D eigenvalue weighted by molar-refractivity contribution is 6.00. The van der Waals surface area contributed by atoms with Gasteiger partial charge < -0.3 is 10.0 Å². The molecule has 1 saturated carbocycles. The Kier molecular flexibility index (Phi) is 3.45. The van der Waals surface area contributed by atoms with Gasteiger partial charge in [-0.2, -0.15) is 0 Å². The lowest BCUT2D eigenvalue weighted by Crippen LogP contribution is -2.35. The molecule has 4 nitrogen and oxygen atoms in total. The monoisotopic (exact) mass is 364 g/mol. The second-order valence-corrected chi connectivity index (χ2v) is 10.1. The van der Waals surface area contributed by atoms with Gasteiger partial charge in [0.05, 0.1) is 16.8 Å². The molecule has 2 heterocycles. The van der Waals surface area contributed by atoms with E-state index in [1.807, 2.05) is 12.1 Å². The van der Waals surface area contributed by atoms with Crippen molar-refractivity contribution in [1.82, 2.24) is 4.98 Å². The normalized spacial score (nSPS) is 28.6. The van der Waals surface area contributed by atoms with Gasteiger partial charge in [0.1, 0.15) is 0 Å². The van der Waals surface area contributed by atoms with Crippen LogP contribution >= 0.6 is 0 Å². The Hall–Kier alpha value is -2.10. The quantitative estimate of drug-likeness (QED) is 0.829. The third kappa shape index (κ3) is 2.64. The van der Waals surface area contributed by atoms with E-state index in [0.717, 1.165) is 36.7 Å². The minimum absolute atomic E-state index is 0.345. The first kappa shape index (κ1) is 17.0. The number of anilines is 1. The van der Waals surface area contributed by atoms with Crippen molar-refractivity contribution < 1.29 is 9.90 Å². The molecule has 142 valence electrons. The first-order valence-electron chi connectivity index (χ1n) is 10.2. The molecule has 0 spiro atoms. The summed E-state index contributed by atoms with van der Waals surface area (Å²) < 4.78 is 0. The lowest BCUT2D eigenvalue weighted by Gasteiger charge is -2.39. The van der Waals surface area contributed by atoms with Crippen LogP contribution in [0.4, 0.5) is 5.69 Å². The maximum absolute atomic E-state index is 11.6. The molecule has 1 aliphatic heterocycles. The van der Waals surface area contributed by atoms with Gasteiger partial charge in [0.15, 0.2) is 0 Å². The fraction of sp³-hybridized carbons (Fsp3) is 0.565. The third-order valence-electron chi connectivity index (χ3n) is 6.93. The van der Waals surface area contributed by atoms with Crippen LogP contribution in [0.3, 0.4) is 0 Å². The van der Waals surface area contributed by atoms with E-state index in [9.17, 15) is 9.90 Å². The van der Waals surface area contributed by atoms with Gasteiger partial charge in [0.2, 0.25) is 0 Å². The first-order valence-corrected chi connectivity index (χ1v) is 10.2. The van der Waals surface area contributed by atoms with Crippen LogP contribution in [0.15, 0.2) is 18.2 Å². The fourth-order valence-electron chi connectivity index (χ4n) is 6.42. The van der Waals surface area contributed by atoms with Gasteiger partial charge in [-0.05, 0) is 73.1 Å². The van der Waals surface area contributed by atoms with Gasteiger partial charge in [-0.1, -0.05) is 20.8 Å². The number of nitrogens with zero attached hydrogens (tertiary/aromatic N) is 2. The zero-order valence-electron chi connectivity index (χ0n) is 16.5. The number of aromatic nitrogens is 1. The van der Waals surface area contributed by atoms with Crippen molar-refractivity contribution in [2.24, 2.45) is 10.8 Å². The number of hydrogen-bond donors (Lipinski definition) is 1. The second kappa shape index (κ2) is 5.46. The van der Waals surface area contributed by atoms with Crippen LogP contribution in [0.2, 0.25) is 0 Å². The molecule has 5 rings (SSSR count). The van der Waals surface area contributed by atoms with Crippen LogP contribution in [0.25, 0.3) is 10.9 Å². The number of carboxylic acids is 1. The summed E-state index contributed by atoms with van der Waals surface area (Å²) in [7, 11) is 0. The van der Waals surface area contributed by atoms with E-state index in [2.05, 4.69) is 25.7 Å². The minimum Gasteiger partial charge on any atom is -0.478 e. The van der Waals surface area contributed by atoms with E-state index < -0.39 is 5.97 Å². The molecule has 1 N–H and O–H groups in total. The zero-order chi connectivity index (χ0) is 19.0. The molecular weight excluding hydrogens is 336 g/mol. The maximum atomic E-state index is 11.6. The van der Waals surface area contributed by atoms with E-state index in [1.165, 1.54) is 36.2 Å². The van der Waals surface area contributed by atoms with Crippen molar-refractivity contribution in [2.45, 2.75) is 65.3 Å². The van der Waals surface area contributed by atoms with Gasteiger partial charge in [-0.25, -0.2) is 4.79 Å². The zero-order valence-corrected chi connectivity index (χ0v) is 16.5. The predicted molar refractivity (Wildman–Crippen MR) is 108 cm³/mol. The summed E-state index contributed by atoms with van der Waals surface area (Å²) in [5.41, 5.74) is 5.91. The topological polar surface area (TPSA) is 53.4 Å². The van der Waals surface area contributed by atoms with Gasteiger partial charge in [0.25, 0.3) is 0 Å². The predicted octanol–water partition coefficient (Wildman–Crippen LogP) is 4.83. The molecule has 1 aromatic carbocycles. The Morgan fingerprint density at radius 3 is 2.81 bits per heavy atom. The van der Waals surface area contributed by atoms with Crippen LogP contribution in [0, 0.1) is 10.8 Å². The van der Waals surface area contributed by atoms with Crippen LogP contribution in [0.1, 0.15) is 68.1 Å². The van der Waals surface area contributed by atoms with Gasteiger partial charge >= 0.3 is 5.97 Å². The number of benzene rings is 1. The van der Waals surface area contributed by atoms with Crippen molar-refractivity contribution in [3.05, 3.63) is 35.0 Å². The van der Waals surface area contributed by atoms with Crippen LogP contribution in [-0.4, -0.2) is 28.6 Å². The van der Waals surface area contributed by atoms with E-state index in [0.29, 0.717) is 22.4 Å². The Labute approximate surface area is 160 Å². The fourth-order valence-corrected chi connectivity index (χ4v) is 6.42. The average Bonchev–Trinajstić information content (AvgIpc) is 3.12. The summed E-state index contributed by atoms with van der Waals surface area (Å²) in [6.45, 7) is 8.31. The molecule has 0 radical (unpaired) electrons. The molecule has 3 aliphatic rings. The van der Waals surface area contributed by atoms with Crippen molar-refractivity contribution in [3.63, 3.8) is 0 Å². The SMILES string of the molecule is CC1(C)CC2CC(C)(CN2c2c3c(nc4ccc(C(=O)O)cc24)CCC3)C1. The third-order valence-corrected chi connectivity index (χ3v) is 6.93. The lowest BCUT2D eigenvalue weighted by atomic mass is 9.65. The number of pyridine rings is 1. The van der Waals surface area contributed by atoms with Crippen molar-refractivity contribution in [2.75, 3.05) is 11.4 Å². The summed E-state index contributed by atoms with van der Waals surface area (Å²) in [4.78, 5) is 19.1. The number of carbonyl (C=O) groups is 1. The summed E-state index contributed by atoms with van der Waals surface area (Å²) in [6, 6.07) is 5.99. The van der Waals surface area contributed by atoms with Crippen molar-refractivity contribution >= 4 is 22.6 Å². The molecule has 2 bridgehead atoms. The highest BCUT2D eigenvalue weighted by Crippen LogP contribution is 2.55. The first-order chi connectivity index (χ1) is 12.7. The smallest absolute Gasteiger partial charge is 0.335 e. The molecule has 4 heteroatoms. The summed E-state index contributed by atoms with van der Waals surface area (Å²) in [5, 5.41) is 10.6.